The number of aryl methyl sites for hydroxylation is 1. The number of rotatable bonds is 7. The summed E-state index contributed by atoms with van der Waals surface area (Å²) in [6, 6.07) is 12.3. The maximum atomic E-state index is 13.5. The number of pyridine rings is 1. The van der Waals surface area contributed by atoms with Gasteiger partial charge in [0.05, 0.1) is 36.9 Å². The molecule has 1 aliphatic heterocycles. The van der Waals surface area contributed by atoms with E-state index in [1.807, 2.05) is 24.0 Å². The van der Waals surface area contributed by atoms with Crippen molar-refractivity contribution in [2.45, 2.75) is 31.4 Å². The highest BCUT2D eigenvalue weighted by molar-refractivity contribution is 6.00. The minimum Gasteiger partial charge on any atom is -0.487 e. The summed E-state index contributed by atoms with van der Waals surface area (Å²) in [5, 5.41) is 3.17. The number of hydrogen-bond donors (Lipinski definition) is 1. The van der Waals surface area contributed by atoms with Gasteiger partial charge in [-0.3, -0.25) is 4.79 Å². The van der Waals surface area contributed by atoms with Crippen molar-refractivity contribution in [1.29, 1.82) is 0 Å². The second-order valence-corrected chi connectivity index (χ2v) is 9.21. The van der Waals surface area contributed by atoms with Gasteiger partial charge >= 0.3 is 5.97 Å². The molecule has 2 aliphatic rings. The van der Waals surface area contributed by atoms with Crippen LogP contribution in [0.5, 0.6) is 5.75 Å². The third-order valence-corrected chi connectivity index (χ3v) is 6.55. The van der Waals surface area contributed by atoms with Gasteiger partial charge in [0.25, 0.3) is 5.91 Å². The Labute approximate surface area is 207 Å². The predicted octanol–water partition coefficient (Wildman–Crippen LogP) is 4.14. The largest absolute Gasteiger partial charge is 0.487 e. The Morgan fingerprint density at radius 2 is 1.78 bits per heavy atom. The van der Waals surface area contributed by atoms with Gasteiger partial charge in [-0.15, -0.1) is 0 Å². The number of carbonyl (C=O) groups excluding carboxylic acids is 2. The van der Waals surface area contributed by atoms with E-state index in [4.69, 9.17) is 9.47 Å². The first-order valence-electron chi connectivity index (χ1n) is 11.6. The van der Waals surface area contributed by atoms with E-state index in [-0.39, 0.29) is 17.8 Å². The maximum absolute atomic E-state index is 13.5. The number of methoxy groups -OCH3 is 1. The number of nitrogens with zero attached hydrogens (tertiary/aromatic N) is 2. The lowest BCUT2D eigenvalue weighted by Gasteiger charge is -2.40. The third kappa shape index (κ3) is 4.60. The first-order valence-corrected chi connectivity index (χ1v) is 11.6. The van der Waals surface area contributed by atoms with Crippen molar-refractivity contribution < 1.29 is 27.8 Å². The van der Waals surface area contributed by atoms with Crippen LogP contribution in [-0.2, 0) is 10.3 Å². The fourth-order valence-corrected chi connectivity index (χ4v) is 4.35. The molecule has 0 unspecified atom stereocenters. The molecule has 0 radical (unpaired) electrons. The summed E-state index contributed by atoms with van der Waals surface area (Å²) >= 11 is 0. The van der Waals surface area contributed by atoms with E-state index in [1.54, 1.807) is 24.4 Å². The molecule has 9 heteroatoms. The van der Waals surface area contributed by atoms with Crippen LogP contribution in [0.4, 0.5) is 14.6 Å². The number of anilines is 1. The average molecular weight is 494 g/mol. The van der Waals surface area contributed by atoms with Crippen molar-refractivity contribution in [1.82, 2.24) is 10.3 Å². The lowest BCUT2D eigenvalue weighted by atomic mass is 10.0. The molecular formula is C27H25F2N3O4. The topological polar surface area (TPSA) is 80.8 Å². The lowest BCUT2D eigenvalue weighted by molar-refractivity contribution is 0.0600. The van der Waals surface area contributed by atoms with Crippen molar-refractivity contribution >= 4 is 17.7 Å². The quantitative estimate of drug-likeness (QED) is 0.499. The van der Waals surface area contributed by atoms with Crippen molar-refractivity contribution in [3.05, 3.63) is 88.6 Å². The van der Waals surface area contributed by atoms with E-state index in [9.17, 15) is 18.4 Å². The molecule has 1 saturated heterocycles. The molecule has 0 atom stereocenters. The highest BCUT2D eigenvalue weighted by Gasteiger charge is 2.46. The number of benzene rings is 2. The molecule has 0 spiro atoms. The van der Waals surface area contributed by atoms with Gasteiger partial charge < -0.3 is 19.7 Å². The number of carbonyl (C=O) groups is 2. The zero-order valence-electron chi connectivity index (χ0n) is 19.9. The van der Waals surface area contributed by atoms with Crippen LogP contribution in [0.25, 0.3) is 0 Å². The van der Waals surface area contributed by atoms with Crippen molar-refractivity contribution in [3.8, 4) is 5.75 Å². The molecule has 2 aromatic carbocycles. The first kappa shape index (κ1) is 23.7. The number of aromatic nitrogens is 1. The van der Waals surface area contributed by atoms with Crippen LogP contribution in [0.3, 0.4) is 0 Å². The Morgan fingerprint density at radius 1 is 1.06 bits per heavy atom. The SMILES string of the molecule is COC(=O)c1ccc(C2(NC(=O)c3cc(C)cnc3N3CC(Oc4ccc(F)c(F)c4)C3)CC2)cc1. The predicted molar refractivity (Wildman–Crippen MR) is 128 cm³/mol. The minimum absolute atomic E-state index is 0.235. The van der Waals surface area contributed by atoms with Crippen LogP contribution >= 0.6 is 0 Å². The van der Waals surface area contributed by atoms with Gasteiger partial charge in [-0.25, -0.2) is 18.6 Å². The fourth-order valence-electron chi connectivity index (χ4n) is 4.35. The standard InChI is InChI=1S/C27H25F2N3O4/c1-16-11-21(25(33)31-27(9-10-27)18-5-3-17(4-6-18)26(34)35-2)24(30-13-16)32-14-20(15-32)36-19-7-8-22(28)23(29)12-19/h3-8,11-13,20H,9-10,14-15H2,1-2H3,(H,31,33). The number of nitrogens with one attached hydrogen (secondary N) is 1. The molecular weight excluding hydrogens is 468 g/mol. The Morgan fingerprint density at radius 3 is 2.42 bits per heavy atom. The Bertz CT molecular complexity index is 1320. The van der Waals surface area contributed by atoms with Gasteiger partial charge in [0.2, 0.25) is 0 Å². The molecule has 0 bridgehead atoms. The van der Waals surface area contributed by atoms with Gasteiger partial charge in [-0.1, -0.05) is 12.1 Å². The maximum Gasteiger partial charge on any atom is 0.337 e. The summed E-state index contributed by atoms with van der Waals surface area (Å²) in [6.07, 6.45) is 3.04. The normalized spacial score (nSPS) is 16.2. The summed E-state index contributed by atoms with van der Waals surface area (Å²) in [7, 11) is 1.33. The highest BCUT2D eigenvalue weighted by Crippen LogP contribution is 2.46. The number of hydrogen-bond acceptors (Lipinski definition) is 6. The van der Waals surface area contributed by atoms with E-state index in [0.29, 0.717) is 30.0 Å². The minimum atomic E-state index is -0.961. The van der Waals surface area contributed by atoms with Crippen molar-refractivity contribution in [2.24, 2.45) is 0 Å². The van der Waals surface area contributed by atoms with Gasteiger partial charge in [0.15, 0.2) is 11.6 Å². The van der Waals surface area contributed by atoms with E-state index < -0.39 is 23.1 Å². The van der Waals surface area contributed by atoms with Gasteiger partial charge in [0.1, 0.15) is 17.7 Å². The average Bonchev–Trinajstić information content (AvgIpc) is 3.63. The first-order chi connectivity index (χ1) is 17.3. The molecule has 1 N–H and O–H groups in total. The Balaban J connectivity index is 1.28. The number of ether oxygens (including phenoxy) is 2. The molecule has 1 amide bonds. The Kier molecular flexibility index (Phi) is 6.07. The van der Waals surface area contributed by atoms with Crippen molar-refractivity contribution in [2.75, 3.05) is 25.1 Å². The molecule has 36 heavy (non-hydrogen) atoms. The second-order valence-electron chi connectivity index (χ2n) is 9.21. The lowest BCUT2D eigenvalue weighted by Crippen LogP contribution is -2.55. The smallest absolute Gasteiger partial charge is 0.337 e. The molecule has 1 saturated carbocycles. The molecule has 2 heterocycles. The fraction of sp³-hybridized carbons (Fsp3) is 0.296. The summed E-state index contributed by atoms with van der Waals surface area (Å²) in [5.41, 5.74) is 2.20. The zero-order chi connectivity index (χ0) is 25.4. The van der Waals surface area contributed by atoms with Gasteiger partial charge in [-0.2, -0.15) is 0 Å². The van der Waals surface area contributed by atoms with Crippen molar-refractivity contribution in [3.63, 3.8) is 0 Å². The molecule has 5 rings (SSSR count). The summed E-state index contributed by atoms with van der Waals surface area (Å²) in [5.74, 6) is -1.74. The number of esters is 1. The molecule has 7 nitrogen and oxygen atoms in total. The van der Waals surface area contributed by atoms with Gasteiger partial charge in [0, 0.05) is 12.3 Å². The van der Waals surface area contributed by atoms with Crippen LogP contribution in [0.1, 0.15) is 44.7 Å². The van der Waals surface area contributed by atoms with E-state index >= 15 is 0 Å². The number of amides is 1. The second kappa shape index (κ2) is 9.22. The van der Waals surface area contributed by atoms with E-state index in [0.717, 1.165) is 36.1 Å². The van der Waals surface area contributed by atoms with E-state index in [2.05, 4.69) is 10.3 Å². The van der Waals surface area contributed by atoms with Crippen LogP contribution in [-0.4, -0.2) is 43.2 Å². The van der Waals surface area contributed by atoms with Gasteiger partial charge in [-0.05, 0) is 61.2 Å². The monoisotopic (exact) mass is 493 g/mol. The highest BCUT2D eigenvalue weighted by atomic mass is 19.2. The van der Waals surface area contributed by atoms with Crippen LogP contribution < -0.4 is 15.0 Å². The van der Waals surface area contributed by atoms with Crippen LogP contribution in [0, 0.1) is 18.6 Å². The summed E-state index contributed by atoms with van der Waals surface area (Å²) < 4.78 is 37.1. The molecule has 1 aliphatic carbocycles. The molecule has 186 valence electrons. The third-order valence-electron chi connectivity index (χ3n) is 6.55. The van der Waals surface area contributed by atoms with Crippen LogP contribution in [0.15, 0.2) is 54.7 Å². The number of halogens is 2. The summed E-state index contributed by atoms with van der Waals surface area (Å²) in [6.45, 7) is 2.78. The van der Waals surface area contributed by atoms with Crippen LogP contribution in [0.2, 0.25) is 0 Å². The molecule has 3 aromatic rings. The Hall–Kier alpha value is -4.01. The molecule has 2 fully saturated rings. The zero-order valence-corrected chi connectivity index (χ0v) is 19.9. The molecule has 1 aromatic heterocycles. The summed E-state index contributed by atoms with van der Waals surface area (Å²) in [4.78, 5) is 31.5. The van der Waals surface area contributed by atoms with E-state index in [1.165, 1.54) is 13.2 Å².